The maximum atomic E-state index is 12.3. The predicted molar refractivity (Wildman–Crippen MR) is 78.4 cm³/mol. The number of piperidine rings is 1. The lowest BCUT2D eigenvalue weighted by atomic mass is 9.79. The van der Waals surface area contributed by atoms with Gasteiger partial charge in [0.15, 0.2) is 0 Å². The third-order valence-corrected chi connectivity index (χ3v) is 5.31. The van der Waals surface area contributed by atoms with Gasteiger partial charge in [-0.05, 0) is 55.2 Å². The molecule has 1 unspecified atom stereocenters. The molecule has 0 bridgehead atoms. The van der Waals surface area contributed by atoms with Crippen molar-refractivity contribution in [2.45, 2.75) is 25.7 Å². The molecule has 0 aromatic carbocycles. The second-order valence-electron chi connectivity index (χ2n) is 6.22. The lowest BCUT2D eigenvalue weighted by Crippen LogP contribution is -2.43. The molecule has 2 aliphatic rings. The van der Waals surface area contributed by atoms with E-state index in [4.69, 9.17) is 0 Å². The van der Waals surface area contributed by atoms with Gasteiger partial charge in [0.1, 0.15) is 0 Å². The Bertz CT molecular complexity index is 445. The normalized spacial score (nSPS) is 28.2. The van der Waals surface area contributed by atoms with Gasteiger partial charge in [-0.15, -0.1) is 0 Å². The molecular weight excluding hydrogens is 256 g/mol. The van der Waals surface area contributed by atoms with Gasteiger partial charge >= 0.3 is 0 Å². The summed E-state index contributed by atoms with van der Waals surface area (Å²) in [5.41, 5.74) is 1.55. The summed E-state index contributed by atoms with van der Waals surface area (Å²) >= 11 is 1.67. The lowest BCUT2D eigenvalue weighted by molar-refractivity contribution is -0.130. The van der Waals surface area contributed by atoms with Gasteiger partial charge in [-0.25, -0.2) is 0 Å². The molecule has 3 heterocycles. The smallest absolute Gasteiger partial charge is 0.227 e. The summed E-state index contributed by atoms with van der Waals surface area (Å²) in [5, 5.41) is 4.13. The fourth-order valence-corrected chi connectivity index (χ4v) is 4.28. The Morgan fingerprint density at radius 3 is 3.00 bits per heavy atom. The Morgan fingerprint density at radius 1 is 1.37 bits per heavy atom. The minimum atomic E-state index is 0.309. The zero-order chi connectivity index (χ0) is 13.3. The van der Waals surface area contributed by atoms with Gasteiger partial charge < -0.3 is 9.80 Å². The highest BCUT2D eigenvalue weighted by molar-refractivity contribution is 7.07. The summed E-state index contributed by atoms with van der Waals surface area (Å²) in [5.74, 6) is 0.309. The molecule has 1 amide bonds. The van der Waals surface area contributed by atoms with Crippen molar-refractivity contribution in [2.24, 2.45) is 5.41 Å². The maximum Gasteiger partial charge on any atom is 0.227 e. The molecule has 2 fully saturated rings. The van der Waals surface area contributed by atoms with E-state index in [-0.39, 0.29) is 0 Å². The van der Waals surface area contributed by atoms with Gasteiger partial charge in [0.25, 0.3) is 0 Å². The lowest BCUT2D eigenvalue weighted by Gasteiger charge is -2.38. The van der Waals surface area contributed by atoms with Crippen LogP contribution in [-0.4, -0.2) is 48.9 Å². The Kier molecular flexibility index (Phi) is 3.63. The first-order valence-electron chi connectivity index (χ1n) is 7.14. The van der Waals surface area contributed by atoms with Crippen molar-refractivity contribution in [3.05, 3.63) is 22.4 Å². The van der Waals surface area contributed by atoms with Crippen LogP contribution in [-0.2, 0) is 11.2 Å². The minimum absolute atomic E-state index is 0.309. The molecule has 3 nitrogen and oxygen atoms in total. The van der Waals surface area contributed by atoms with Crippen molar-refractivity contribution >= 4 is 17.2 Å². The van der Waals surface area contributed by atoms with E-state index < -0.39 is 0 Å². The second-order valence-corrected chi connectivity index (χ2v) is 7.00. The monoisotopic (exact) mass is 278 g/mol. The number of carbonyl (C=O) groups excluding carboxylic acids is 1. The molecule has 1 aromatic heterocycles. The van der Waals surface area contributed by atoms with Crippen LogP contribution in [0, 0.1) is 5.41 Å². The Morgan fingerprint density at radius 2 is 2.26 bits per heavy atom. The van der Waals surface area contributed by atoms with Crippen LogP contribution >= 0.6 is 11.3 Å². The summed E-state index contributed by atoms with van der Waals surface area (Å²) in [7, 11) is 2.21. The Labute approximate surface area is 119 Å². The number of hydrogen-bond donors (Lipinski definition) is 0. The highest BCUT2D eigenvalue weighted by Gasteiger charge is 2.41. The van der Waals surface area contributed by atoms with E-state index in [1.165, 1.54) is 25.8 Å². The maximum absolute atomic E-state index is 12.3. The van der Waals surface area contributed by atoms with Crippen LogP contribution in [0.15, 0.2) is 16.8 Å². The Hall–Kier alpha value is -0.870. The van der Waals surface area contributed by atoms with Crippen LogP contribution in [0.1, 0.15) is 24.8 Å². The molecular formula is C15H22N2OS. The molecule has 4 heteroatoms. The summed E-state index contributed by atoms with van der Waals surface area (Å²) in [6, 6.07) is 2.06. The molecule has 0 aliphatic carbocycles. The van der Waals surface area contributed by atoms with Crippen LogP contribution in [0.2, 0.25) is 0 Å². The molecule has 2 saturated heterocycles. The number of rotatable bonds is 2. The molecule has 0 N–H and O–H groups in total. The van der Waals surface area contributed by atoms with Crippen molar-refractivity contribution in [3.8, 4) is 0 Å². The molecule has 1 atom stereocenters. The standard InChI is InChI=1S/C15H22N2OS/c1-16-6-2-4-15(11-16)5-7-17(12-15)14(18)9-13-3-8-19-10-13/h3,8,10H,2,4-7,9,11-12H2,1H3. The summed E-state index contributed by atoms with van der Waals surface area (Å²) in [4.78, 5) is 16.9. The molecule has 1 spiro atoms. The first-order chi connectivity index (χ1) is 9.17. The van der Waals surface area contributed by atoms with Crippen molar-refractivity contribution in [1.29, 1.82) is 0 Å². The first-order valence-corrected chi connectivity index (χ1v) is 8.09. The van der Waals surface area contributed by atoms with E-state index >= 15 is 0 Å². The minimum Gasteiger partial charge on any atom is -0.342 e. The molecule has 0 radical (unpaired) electrons. The number of hydrogen-bond acceptors (Lipinski definition) is 3. The van der Waals surface area contributed by atoms with Crippen LogP contribution in [0.4, 0.5) is 0 Å². The van der Waals surface area contributed by atoms with Gasteiger partial charge in [0.2, 0.25) is 5.91 Å². The number of amides is 1. The van der Waals surface area contributed by atoms with E-state index in [1.54, 1.807) is 11.3 Å². The number of carbonyl (C=O) groups is 1. The van der Waals surface area contributed by atoms with Crippen LogP contribution in [0.3, 0.4) is 0 Å². The summed E-state index contributed by atoms with van der Waals surface area (Å²) < 4.78 is 0. The quantitative estimate of drug-likeness (QED) is 0.828. The zero-order valence-electron chi connectivity index (χ0n) is 11.6. The van der Waals surface area contributed by atoms with Crippen molar-refractivity contribution in [3.63, 3.8) is 0 Å². The Balaban J connectivity index is 1.60. The topological polar surface area (TPSA) is 23.6 Å². The van der Waals surface area contributed by atoms with Crippen molar-refractivity contribution < 1.29 is 4.79 Å². The van der Waals surface area contributed by atoms with Crippen molar-refractivity contribution in [1.82, 2.24) is 9.80 Å². The largest absolute Gasteiger partial charge is 0.342 e. The molecule has 3 rings (SSSR count). The van der Waals surface area contributed by atoms with Gasteiger partial charge in [0, 0.05) is 25.0 Å². The fourth-order valence-electron chi connectivity index (χ4n) is 3.62. The third-order valence-electron chi connectivity index (χ3n) is 4.58. The summed E-state index contributed by atoms with van der Waals surface area (Å²) in [6.07, 6.45) is 4.34. The van der Waals surface area contributed by atoms with Gasteiger partial charge in [0.05, 0.1) is 6.42 Å². The first kappa shape index (κ1) is 13.1. The highest BCUT2D eigenvalue weighted by atomic mass is 32.1. The van der Waals surface area contributed by atoms with E-state index in [0.717, 1.165) is 25.2 Å². The number of thiophene rings is 1. The predicted octanol–water partition coefficient (Wildman–Crippen LogP) is 2.23. The molecule has 0 saturated carbocycles. The van der Waals surface area contributed by atoms with E-state index in [2.05, 4.69) is 28.3 Å². The third kappa shape index (κ3) is 2.84. The zero-order valence-corrected chi connectivity index (χ0v) is 12.4. The second kappa shape index (κ2) is 5.25. The van der Waals surface area contributed by atoms with E-state index in [1.807, 2.05) is 5.38 Å². The molecule has 1 aromatic rings. The van der Waals surface area contributed by atoms with E-state index in [0.29, 0.717) is 17.7 Å². The van der Waals surface area contributed by atoms with Crippen molar-refractivity contribution in [2.75, 3.05) is 33.2 Å². The SMILES string of the molecule is CN1CCCC2(CCN(C(=O)Cc3ccsc3)C2)C1. The molecule has 104 valence electrons. The molecule has 19 heavy (non-hydrogen) atoms. The van der Waals surface area contributed by atoms with Gasteiger partial charge in [-0.2, -0.15) is 11.3 Å². The number of likely N-dealkylation sites (tertiary alicyclic amines) is 2. The van der Waals surface area contributed by atoms with Gasteiger partial charge in [-0.1, -0.05) is 0 Å². The number of nitrogens with zero attached hydrogens (tertiary/aromatic N) is 2. The highest BCUT2D eigenvalue weighted by Crippen LogP contribution is 2.38. The van der Waals surface area contributed by atoms with Gasteiger partial charge in [-0.3, -0.25) is 4.79 Å². The van der Waals surface area contributed by atoms with Crippen LogP contribution in [0.25, 0.3) is 0 Å². The fraction of sp³-hybridized carbons (Fsp3) is 0.667. The van der Waals surface area contributed by atoms with Crippen LogP contribution in [0.5, 0.6) is 0 Å². The van der Waals surface area contributed by atoms with Crippen LogP contribution < -0.4 is 0 Å². The average Bonchev–Trinajstić information content (AvgIpc) is 2.99. The summed E-state index contributed by atoms with van der Waals surface area (Å²) in [6.45, 7) is 4.30. The van der Waals surface area contributed by atoms with E-state index in [9.17, 15) is 4.79 Å². The average molecular weight is 278 g/mol. The molecule has 2 aliphatic heterocycles.